The Hall–Kier alpha value is -3.10. The molecule has 0 aliphatic carbocycles. The van der Waals surface area contributed by atoms with Gasteiger partial charge in [0.1, 0.15) is 12.4 Å². The number of piperidine rings is 1. The zero-order valence-corrected chi connectivity index (χ0v) is 19.4. The third kappa shape index (κ3) is 5.46. The van der Waals surface area contributed by atoms with Crippen molar-refractivity contribution in [2.45, 2.75) is 32.4 Å². The number of carbonyl (C=O) groups is 1. The van der Waals surface area contributed by atoms with Crippen LogP contribution in [0, 0.1) is 6.92 Å². The number of hydrogen-bond acceptors (Lipinski definition) is 7. The Balaban J connectivity index is 1.52. The third-order valence-electron chi connectivity index (χ3n) is 5.78. The number of aromatic nitrogens is 2. The first-order valence-corrected chi connectivity index (χ1v) is 11.2. The van der Waals surface area contributed by atoms with E-state index in [1.54, 1.807) is 7.11 Å². The van der Waals surface area contributed by atoms with Crippen molar-refractivity contribution in [1.82, 2.24) is 10.2 Å². The summed E-state index contributed by atoms with van der Waals surface area (Å²) in [5, 5.41) is 23.9. The number of methoxy groups -OCH3 is 1. The first kappa shape index (κ1) is 23.1. The van der Waals surface area contributed by atoms with Gasteiger partial charge in [0, 0.05) is 30.4 Å². The molecule has 9 heteroatoms. The van der Waals surface area contributed by atoms with Gasteiger partial charge in [-0.15, -0.1) is 10.2 Å². The van der Waals surface area contributed by atoms with Gasteiger partial charge < -0.3 is 24.8 Å². The van der Waals surface area contributed by atoms with Crippen molar-refractivity contribution in [2.24, 2.45) is 0 Å². The Morgan fingerprint density at radius 1 is 1.18 bits per heavy atom. The second kappa shape index (κ2) is 10.2. The van der Waals surface area contributed by atoms with Crippen molar-refractivity contribution in [1.29, 1.82) is 0 Å². The van der Waals surface area contributed by atoms with Crippen LogP contribution in [0.4, 0.5) is 11.6 Å². The monoisotopic (exact) mass is 470 g/mol. The van der Waals surface area contributed by atoms with Gasteiger partial charge in [-0.05, 0) is 43.5 Å². The quantitative estimate of drug-likeness (QED) is 0.503. The molecule has 0 atom stereocenters. The van der Waals surface area contributed by atoms with Crippen LogP contribution in [-0.4, -0.2) is 54.2 Å². The van der Waals surface area contributed by atoms with E-state index in [0.29, 0.717) is 23.1 Å². The lowest BCUT2D eigenvalue weighted by molar-refractivity contribution is -0.144. The average Bonchev–Trinajstić information content (AvgIpc) is 2.81. The maximum atomic E-state index is 10.8. The van der Waals surface area contributed by atoms with Gasteiger partial charge in [0.25, 0.3) is 0 Å². The minimum absolute atomic E-state index is 0.0453. The molecule has 2 heterocycles. The van der Waals surface area contributed by atoms with Crippen molar-refractivity contribution in [3.05, 3.63) is 52.5 Å². The number of nitrogens with one attached hydrogen (secondary N) is 1. The zero-order chi connectivity index (χ0) is 23.4. The number of benzene rings is 2. The van der Waals surface area contributed by atoms with Gasteiger partial charge in [0.2, 0.25) is 0 Å². The molecule has 1 saturated heterocycles. The highest BCUT2D eigenvalue weighted by Gasteiger charge is 2.23. The van der Waals surface area contributed by atoms with Gasteiger partial charge in [-0.1, -0.05) is 35.4 Å². The summed E-state index contributed by atoms with van der Waals surface area (Å²) in [6.07, 6.45) is 1.46. The van der Waals surface area contributed by atoms with E-state index in [1.807, 2.05) is 18.2 Å². The molecule has 0 amide bonds. The predicted octanol–water partition coefficient (Wildman–Crippen LogP) is 4.28. The first-order chi connectivity index (χ1) is 15.9. The summed E-state index contributed by atoms with van der Waals surface area (Å²) in [5.41, 5.74) is 2.15. The van der Waals surface area contributed by atoms with Crippen molar-refractivity contribution in [3.8, 4) is 5.75 Å². The van der Waals surface area contributed by atoms with E-state index in [9.17, 15) is 4.79 Å². The van der Waals surface area contributed by atoms with E-state index in [0.717, 1.165) is 53.6 Å². The number of carboxylic acids is 1. The Labute approximate surface area is 197 Å². The highest BCUT2D eigenvalue weighted by atomic mass is 35.5. The van der Waals surface area contributed by atoms with Gasteiger partial charge in [0.05, 0.1) is 18.2 Å². The molecule has 0 radical (unpaired) electrons. The molecule has 2 N–H and O–H groups in total. The van der Waals surface area contributed by atoms with E-state index < -0.39 is 5.97 Å². The molecular formula is C24H27ClN4O4. The van der Waals surface area contributed by atoms with Crippen molar-refractivity contribution >= 4 is 40.0 Å². The fourth-order valence-electron chi connectivity index (χ4n) is 4.05. The smallest absolute Gasteiger partial charge is 0.329 e. The molecule has 8 nitrogen and oxygen atoms in total. The van der Waals surface area contributed by atoms with E-state index in [2.05, 4.69) is 45.5 Å². The molecule has 0 unspecified atom stereocenters. The molecular weight excluding hydrogens is 444 g/mol. The topological polar surface area (TPSA) is 96.8 Å². The number of rotatable bonds is 8. The average molecular weight is 471 g/mol. The van der Waals surface area contributed by atoms with Crippen LogP contribution in [0.3, 0.4) is 0 Å². The van der Waals surface area contributed by atoms with Gasteiger partial charge in [0.15, 0.2) is 11.6 Å². The largest absolute Gasteiger partial charge is 0.495 e. The normalized spacial score (nSPS) is 14.5. The predicted molar refractivity (Wildman–Crippen MR) is 128 cm³/mol. The molecule has 2 aromatic carbocycles. The van der Waals surface area contributed by atoms with Gasteiger partial charge >= 0.3 is 5.97 Å². The van der Waals surface area contributed by atoms with Crippen molar-refractivity contribution < 1.29 is 19.4 Å². The summed E-state index contributed by atoms with van der Waals surface area (Å²) >= 11 is 6.26. The Morgan fingerprint density at radius 3 is 2.67 bits per heavy atom. The number of aliphatic carboxylic acids is 1. The lowest BCUT2D eigenvalue weighted by atomic mass is 10.1. The van der Waals surface area contributed by atoms with Crippen molar-refractivity contribution in [2.75, 3.05) is 37.0 Å². The molecule has 0 bridgehead atoms. The standard InChI is InChI=1S/C24H27ClN4O4/c1-15-3-5-18-19(11-15)23(26-13-16-4-6-21(32-2)20(25)12-16)27-28-24(18)29-9-7-17(8-10-29)33-14-22(30)31/h3-6,11-12,17H,7-10,13-14H2,1-2H3,(H,26,27)(H,30,31). The summed E-state index contributed by atoms with van der Waals surface area (Å²) in [7, 11) is 1.59. The molecule has 3 aromatic rings. The maximum absolute atomic E-state index is 10.8. The molecule has 1 aromatic heterocycles. The number of aryl methyl sites for hydroxylation is 1. The maximum Gasteiger partial charge on any atom is 0.329 e. The summed E-state index contributed by atoms with van der Waals surface area (Å²) in [6, 6.07) is 11.9. The van der Waals surface area contributed by atoms with Gasteiger partial charge in [-0.25, -0.2) is 4.79 Å². The SMILES string of the molecule is COc1ccc(CNc2nnc(N3CCC(OCC(=O)O)CC3)c3ccc(C)cc23)cc1Cl. The van der Waals surface area contributed by atoms with Crippen LogP contribution < -0.4 is 15.0 Å². The van der Waals surface area contributed by atoms with Gasteiger partial charge in [-0.2, -0.15) is 0 Å². The second-order valence-electron chi connectivity index (χ2n) is 8.13. The number of anilines is 2. The summed E-state index contributed by atoms with van der Waals surface area (Å²) < 4.78 is 10.7. The Kier molecular flexibility index (Phi) is 7.15. The molecule has 1 fully saturated rings. The number of halogens is 1. The summed E-state index contributed by atoms with van der Waals surface area (Å²) in [4.78, 5) is 12.9. The number of fused-ring (bicyclic) bond motifs is 1. The van der Waals surface area contributed by atoms with Crippen LogP contribution in [0.2, 0.25) is 5.02 Å². The number of carboxylic acid groups (broad SMARTS) is 1. The van der Waals surface area contributed by atoms with Crippen LogP contribution in [0.5, 0.6) is 5.75 Å². The highest BCUT2D eigenvalue weighted by molar-refractivity contribution is 6.32. The van der Waals surface area contributed by atoms with E-state index in [1.165, 1.54) is 0 Å². The fraction of sp³-hybridized carbons (Fsp3) is 0.375. The van der Waals surface area contributed by atoms with Crippen LogP contribution in [0.15, 0.2) is 36.4 Å². The Morgan fingerprint density at radius 2 is 1.97 bits per heavy atom. The van der Waals surface area contributed by atoms with E-state index >= 15 is 0 Å². The minimum atomic E-state index is -0.940. The molecule has 1 aliphatic heterocycles. The van der Waals surface area contributed by atoms with Crippen LogP contribution in [0.25, 0.3) is 10.8 Å². The molecule has 0 saturated carbocycles. The first-order valence-electron chi connectivity index (χ1n) is 10.9. The summed E-state index contributed by atoms with van der Waals surface area (Å²) in [5.74, 6) is 1.25. The zero-order valence-electron chi connectivity index (χ0n) is 18.7. The van der Waals surface area contributed by atoms with E-state index in [-0.39, 0.29) is 12.7 Å². The van der Waals surface area contributed by atoms with Crippen molar-refractivity contribution in [3.63, 3.8) is 0 Å². The molecule has 1 aliphatic rings. The molecule has 4 rings (SSSR count). The summed E-state index contributed by atoms with van der Waals surface area (Å²) in [6.45, 7) is 3.82. The van der Waals surface area contributed by atoms with Crippen LogP contribution in [0.1, 0.15) is 24.0 Å². The fourth-order valence-corrected chi connectivity index (χ4v) is 4.33. The molecule has 174 valence electrons. The molecule has 0 spiro atoms. The minimum Gasteiger partial charge on any atom is -0.495 e. The van der Waals surface area contributed by atoms with Crippen LogP contribution >= 0.6 is 11.6 Å². The van der Waals surface area contributed by atoms with E-state index in [4.69, 9.17) is 26.2 Å². The Bertz CT molecular complexity index is 1150. The lowest BCUT2D eigenvalue weighted by Gasteiger charge is -2.33. The van der Waals surface area contributed by atoms with Crippen LogP contribution in [-0.2, 0) is 16.1 Å². The number of nitrogens with zero attached hydrogens (tertiary/aromatic N) is 3. The molecule has 33 heavy (non-hydrogen) atoms. The second-order valence-corrected chi connectivity index (χ2v) is 8.54. The highest BCUT2D eigenvalue weighted by Crippen LogP contribution is 2.32. The third-order valence-corrected chi connectivity index (χ3v) is 6.07. The lowest BCUT2D eigenvalue weighted by Crippen LogP contribution is -2.38. The number of ether oxygens (including phenoxy) is 2. The number of hydrogen-bond donors (Lipinski definition) is 2. The van der Waals surface area contributed by atoms with Gasteiger partial charge in [-0.3, -0.25) is 0 Å².